The number of Topliss-reactive ketones (excluding diaryl/α,β-unsaturated/α-hetero) is 1. The summed E-state index contributed by atoms with van der Waals surface area (Å²) in [5.74, 6) is -0.0322. The van der Waals surface area contributed by atoms with E-state index < -0.39 is 0 Å². The topological polar surface area (TPSA) is 43.1 Å². The molecular weight excluding hydrogens is 321 g/mol. The minimum Gasteiger partial charge on any atom is -0.398 e. The number of hydrogen-bond donors (Lipinski definition) is 1. The molecule has 1 aromatic carbocycles. The van der Waals surface area contributed by atoms with E-state index >= 15 is 0 Å². The molecule has 0 spiro atoms. The van der Waals surface area contributed by atoms with Crippen LogP contribution in [0.3, 0.4) is 0 Å². The number of benzene rings is 1. The van der Waals surface area contributed by atoms with Gasteiger partial charge in [-0.25, -0.2) is 0 Å². The van der Waals surface area contributed by atoms with Crippen LogP contribution in [0.15, 0.2) is 16.6 Å². The van der Waals surface area contributed by atoms with Crippen LogP contribution in [-0.4, -0.2) is 11.1 Å². The lowest BCUT2D eigenvalue weighted by Gasteiger charge is -2.04. The van der Waals surface area contributed by atoms with E-state index in [9.17, 15) is 4.79 Å². The normalized spacial score (nSPS) is 10.1. The highest BCUT2D eigenvalue weighted by Gasteiger charge is 2.10. The standard InChI is InChI=1S/C8H6Br2ClNO/c9-3-8(13)4-1-7(12)6(11)2-5(4)10/h1-2H,3,12H2. The van der Waals surface area contributed by atoms with Crippen LogP contribution in [-0.2, 0) is 0 Å². The van der Waals surface area contributed by atoms with E-state index in [1.165, 1.54) is 0 Å². The summed E-state index contributed by atoms with van der Waals surface area (Å²) in [6.45, 7) is 0. The molecule has 5 heteroatoms. The van der Waals surface area contributed by atoms with Crippen molar-refractivity contribution >= 4 is 54.9 Å². The molecule has 0 aliphatic carbocycles. The summed E-state index contributed by atoms with van der Waals surface area (Å²) in [7, 11) is 0. The predicted molar refractivity (Wildman–Crippen MR) is 61.7 cm³/mol. The van der Waals surface area contributed by atoms with E-state index in [1.807, 2.05) is 0 Å². The molecule has 0 aliphatic rings. The first-order valence-electron chi connectivity index (χ1n) is 3.40. The van der Waals surface area contributed by atoms with Gasteiger partial charge in [0.05, 0.1) is 16.0 Å². The lowest BCUT2D eigenvalue weighted by Crippen LogP contribution is -2.02. The molecule has 0 fully saturated rings. The first-order valence-corrected chi connectivity index (χ1v) is 5.69. The number of nitrogen functional groups attached to an aromatic ring is 1. The molecule has 70 valence electrons. The molecule has 0 amide bonds. The minimum absolute atomic E-state index is 0.0322. The van der Waals surface area contributed by atoms with Gasteiger partial charge in [0.15, 0.2) is 5.78 Å². The van der Waals surface area contributed by atoms with Crippen molar-refractivity contribution in [1.82, 2.24) is 0 Å². The van der Waals surface area contributed by atoms with Gasteiger partial charge in [0, 0.05) is 10.0 Å². The van der Waals surface area contributed by atoms with E-state index in [-0.39, 0.29) is 11.1 Å². The van der Waals surface area contributed by atoms with Crippen molar-refractivity contribution in [3.63, 3.8) is 0 Å². The fraction of sp³-hybridized carbons (Fsp3) is 0.125. The molecule has 0 aliphatic heterocycles. The molecule has 13 heavy (non-hydrogen) atoms. The Morgan fingerprint density at radius 3 is 2.69 bits per heavy atom. The molecule has 0 aromatic heterocycles. The summed E-state index contributed by atoms with van der Waals surface area (Å²) in [4.78, 5) is 11.3. The number of carbonyl (C=O) groups is 1. The third-order valence-electron chi connectivity index (χ3n) is 1.51. The zero-order valence-corrected chi connectivity index (χ0v) is 10.4. The molecule has 1 aromatic rings. The van der Waals surface area contributed by atoms with Gasteiger partial charge >= 0.3 is 0 Å². The van der Waals surface area contributed by atoms with E-state index in [1.54, 1.807) is 12.1 Å². The molecule has 2 N–H and O–H groups in total. The van der Waals surface area contributed by atoms with Crippen LogP contribution >= 0.6 is 43.5 Å². The number of halogens is 3. The molecule has 0 atom stereocenters. The lowest BCUT2D eigenvalue weighted by molar-refractivity contribution is 0.102. The van der Waals surface area contributed by atoms with Gasteiger partial charge in [-0.1, -0.05) is 27.5 Å². The number of anilines is 1. The van der Waals surface area contributed by atoms with Crippen LogP contribution in [0.4, 0.5) is 5.69 Å². The van der Waals surface area contributed by atoms with Crippen molar-refractivity contribution in [2.45, 2.75) is 0 Å². The van der Waals surface area contributed by atoms with Gasteiger partial charge in [-0.3, -0.25) is 4.79 Å². The highest BCUT2D eigenvalue weighted by molar-refractivity contribution is 9.10. The summed E-state index contributed by atoms with van der Waals surface area (Å²) in [6.07, 6.45) is 0. The Hall–Kier alpha value is -0.0600. The van der Waals surface area contributed by atoms with Crippen molar-refractivity contribution in [3.8, 4) is 0 Å². The number of nitrogens with two attached hydrogens (primary N) is 1. The Morgan fingerprint density at radius 1 is 1.54 bits per heavy atom. The van der Waals surface area contributed by atoms with Crippen molar-refractivity contribution < 1.29 is 4.79 Å². The van der Waals surface area contributed by atoms with E-state index in [4.69, 9.17) is 17.3 Å². The Morgan fingerprint density at radius 2 is 2.15 bits per heavy atom. The van der Waals surface area contributed by atoms with Gasteiger partial charge < -0.3 is 5.73 Å². The Balaban J connectivity index is 3.23. The summed E-state index contributed by atoms with van der Waals surface area (Å²) in [5, 5.41) is 0.713. The second kappa shape index (κ2) is 4.44. The first-order chi connectivity index (χ1) is 6.06. The second-order valence-corrected chi connectivity index (χ2v) is 4.23. The molecular formula is C8H6Br2ClNO. The molecule has 0 saturated carbocycles. The van der Waals surface area contributed by atoms with Crippen molar-refractivity contribution in [2.75, 3.05) is 11.1 Å². The van der Waals surface area contributed by atoms with Crippen LogP contribution in [0.5, 0.6) is 0 Å². The summed E-state index contributed by atoms with van der Waals surface area (Å²) >= 11 is 12.1. The quantitative estimate of drug-likeness (QED) is 0.515. The van der Waals surface area contributed by atoms with Crippen LogP contribution in [0, 0.1) is 0 Å². The van der Waals surface area contributed by atoms with Crippen LogP contribution < -0.4 is 5.73 Å². The van der Waals surface area contributed by atoms with Crippen molar-refractivity contribution in [3.05, 3.63) is 27.2 Å². The average molecular weight is 327 g/mol. The largest absolute Gasteiger partial charge is 0.398 e. The summed E-state index contributed by atoms with van der Waals surface area (Å²) < 4.78 is 0.663. The van der Waals surface area contributed by atoms with E-state index in [2.05, 4.69) is 31.9 Å². The Kier molecular flexibility index (Phi) is 3.76. The van der Waals surface area contributed by atoms with Gasteiger partial charge in [-0.05, 0) is 28.1 Å². The van der Waals surface area contributed by atoms with Crippen molar-refractivity contribution in [2.24, 2.45) is 0 Å². The van der Waals surface area contributed by atoms with E-state index in [0.717, 1.165) is 0 Å². The fourth-order valence-corrected chi connectivity index (χ4v) is 2.01. The maximum atomic E-state index is 11.3. The Labute approximate surface area is 97.7 Å². The van der Waals surface area contributed by atoms with Gasteiger partial charge in [-0.2, -0.15) is 0 Å². The third-order valence-corrected chi connectivity index (χ3v) is 3.00. The molecule has 0 bridgehead atoms. The number of hydrogen-bond acceptors (Lipinski definition) is 2. The molecule has 0 heterocycles. The highest BCUT2D eigenvalue weighted by Crippen LogP contribution is 2.27. The van der Waals surface area contributed by atoms with Gasteiger partial charge in [-0.15, -0.1) is 0 Å². The number of alkyl halides is 1. The van der Waals surface area contributed by atoms with Gasteiger partial charge in [0.2, 0.25) is 0 Å². The second-order valence-electron chi connectivity index (χ2n) is 2.41. The molecule has 0 unspecified atom stereocenters. The van der Waals surface area contributed by atoms with Crippen LogP contribution in [0.2, 0.25) is 5.02 Å². The molecule has 0 radical (unpaired) electrons. The smallest absolute Gasteiger partial charge is 0.174 e. The SMILES string of the molecule is Nc1cc(C(=O)CBr)c(Br)cc1Cl. The predicted octanol–water partition coefficient (Wildman–Crippen LogP) is 3.26. The maximum Gasteiger partial charge on any atom is 0.174 e. The summed E-state index contributed by atoms with van der Waals surface area (Å²) in [6, 6.07) is 3.18. The first kappa shape index (κ1) is 11.0. The van der Waals surface area contributed by atoms with Gasteiger partial charge in [0.25, 0.3) is 0 Å². The lowest BCUT2D eigenvalue weighted by atomic mass is 10.1. The zero-order valence-electron chi connectivity index (χ0n) is 6.48. The third kappa shape index (κ3) is 2.45. The monoisotopic (exact) mass is 325 g/mol. The maximum absolute atomic E-state index is 11.3. The molecule has 1 rings (SSSR count). The van der Waals surface area contributed by atoms with E-state index in [0.29, 0.717) is 20.7 Å². The van der Waals surface area contributed by atoms with Crippen LogP contribution in [0.25, 0.3) is 0 Å². The Bertz CT molecular complexity index is 354. The van der Waals surface area contributed by atoms with Crippen molar-refractivity contribution in [1.29, 1.82) is 0 Å². The molecule has 0 saturated heterocycles. The summed E-state index contributed by atoms with van der Waals surface area (Å²) in [5.41, 5.74) is 6.51. The fourth-order valence-electron chi connectivity index (χ4n) is 0.851. The average Bonchev–Trinajstić information content (AvgIpc) is 2.10. The number of rotatable bonds is 2. The zero-order chi connectivity index (χ0) is 10.0. The minimum atomic E-state index is -0.0322. The highest BCUT2D eigenvalue weighted by atomic mass is 79.9. The van der Waals surface area contributed by atoms with Crippen LogP contribution in [0.1, 0.15) is 10.4 Å². The number of ketones is 1. The molecule has 2 nitrogen and oxygen atoms in total. The number of carbonyl (C=O) groups excluding carboxylic acids is 1. The van der Waals surface area contributed by atoms with Gasteiger partial charge in [0.1, 0.15) is 0 Å².